The number of carboxylic acids is 1. The zero-order valence-electron chi connectivity index (χ0n) is 30.3. The first kappa shape index (κ1) is 46.5. The summed E-state index contributed by atoms with van der Waals surface area (Å²) in [6.45, 7) is 1.71. The van der Waals surface area contributed by atoms with Gasteiger partial charge in [-0.3, -0.25) is 23.4 Å². The molecule has 0 fully saturated rings. The highest BCUT2D eigenvalue weighted by molar-refractivity contribution is 7.47. The van der Waals surface area contributed by atoms with E-state index in [1.165, 1.54) is 135 Å². The average Bonchev–Trinajstić information content (AvgIpc) is 3.04. The second-order valence-corrected chi connectivity index (χ2v) is 14.6. The van der Waals surface area contributed by atoms with Crippen molar-refractivity contribution in [2.75, 3.05) is 19.8 Å². The number of ether oxygens (including phenoxy) is 2. The largest absolute Gasteiger partial charge is 0.480 e. The summed E-state index contributed by atoms with van der Waals surface area (Å²) in [6.07, 6.45) is 31.9. The SMILES string of the molecule is CCCCCCCCCCCCCCCCCCCCCCCCCCCC(=O)OC[C@H](COP(=O)(O)OC[C@H](N)C(=O)O)OC(C)=O. The van der Waals surface area contributed by atoms with Gasteiger partial charge in [0.2, 0.25) is 0 Å². The van der Waals surface area contributed by atoms with Gasteiger partial charge in [0.15, 0.2) is 6.10 Å². The highest BCUT2D eigenvalue weighted by Crippen LogP contribution is 2.43. The monoisotopic (exact) mass is 707 g/mol. The molecule has 0 radical (unpaired) electrons. The number of carboxylic acid groups (broad SMARTS) is 1. The predicted molar refractivity (Wildman–Crippen MR) is 190 cm³/mol. The van der Waals surface area contributed by atoms with Crippen molar-refractivity contribution >= 4 is 25.7 Å². The van der Waals surface area contributed by atoms with E-state index in [0.717, 1.165) is 26.2 Å². The van der Waals surface area contributed by atoms with Gasteiger partial charge >= 0.3 is 25.7 Å². The fourth-order valence-corrected chi connectivity index (χ4v) is 6.26. The number of carbonyl (C=O) groups excluding carboxylic acids is 2. The van der Waals surface area contributed by atoms with Gasteiger partial charge in [0.1, 0.15) is 12.6 Å². The van der Waals surface area contributed by atoms with Crippen LogP contribution in [0.15, 0.2) is 0 Å². The summed E-state index contributed by atoms with van der Waals surface area (Å²) in [5.74, 6) is -2.57. The summed E-state index contributed by atoms with van der Waals surface area (Å²) >= 11 is 0. The topological polar surface area (TPSA) is 172 Å². The average molecular weight is 708 g/mol. The number of esters is 2. The van der Waals surface area contributed by atoms with Gasteiger partial charge in [-0.05, 0) is 6.42 Å². The van der Waals surface area contributed by atoms with E-state index in [1.54, 1.807) is 0 Å². The van der Waals surface area contributed by atoms with Crippen molar-refractivity contribution in [2.45, 2.75) is 193 Å². The minimum Gasteiger partial charge on any atom is -0.480 e. The second-order valence-electron chi connectivity index (χ2n) is 13.2. The zero-order chi connectivity index (χ0) is 35.7. The van der Waals surface area contributed by atoms with Gasteiger partial charge in [0.25, 0.3) is 0 Å². The molecule has 0 aliphatic rings. The molecule has 0 aromatic rings. The summed E-state index contributed by atoms with van der Waals surface area (Å²) in [5.41, 5.74) is 5.23. The van der Waals surface area contributed by atoms with Gasteiger partial charge in [-0.2, -0.15) is 0 Å². The Kier molecular flexibility index (Phi) is 31.6. The standard InChI is InChI=1S/C36H70NO10P/c1-3-4-5-6-7-8-9-10-11-12-13-14-15-16-17-18-19-20-21-22-23-24-25-26-27-28-35(39)44-29-33(47-32(2)38)30-45-48(42,43)46-31-34(37)36(40)41/h33-34H,3-31,37H2,1-2H3,(H,40,41)(H,42,43)/t33-,34+/m1/s1. The number of nitrogens with two attached hydrogens (primary N) is 1. The number of phosphoric ester groups is 1. The van der Waals surface area contributed by atoms with E-state index >= 15 is 0 Å². The highest BCUT2D eigenvalue weighted by atomic mass is 31.2. The lowest BCUT2D eigenvalue weighted by atomic mass is 10.0. The van der Waals surface area contributed by atoms with E-state index in [1.807, 2.05) is 0 Å². The molecule has 48 heavy (non-hydrogen) atoms. The van der Waals surface area contributed by atoms with Crippen LogP contribution < -0.4 is 5.73 Å². The van der Waals surface area contributed by atoms with Crippen LogP contribution in [-0.4, -0.2) is 59.9 Å². The molecule has 0 saturated carbocycles. The molecule has 0 aromatic heterocycles. The fraction of sp³-hybridized carbons (Fsp3) is 0.917. The third-order valence-corrected chi connectivity index (χ3v) is 9.36. The molecule has 3 atom stereocenters. The minimum atomic E-state index is -4.66. The van der Waals surface area contributed by atoms with Crippen LogP contribution >= 0.6 is 7.82 Å². The Bertz CT molecular complexity index is 844. The van der Waals surface area contributed by atoms with Crippen LogP contribution in [0.3, 0.4) is 0 Å². The van der Waals surface area contributed by atoms with Crippen LogP contribution in [0.4, 0.5) is 0 Å². The van der Waals surface area contributed by atoms with E-state index in [9.17, 15) is 23.8 Å². The molecule has 0 bridgehead atoms. The smallest absolute Gasteiger partial charge is 0.472 e. The fourth-order valence-electron chi connectivity index (χ4n) is 5.48. The van der Waals surface area contributed by atoms with E-state index in [0.29, 0.717) is 6.42 Å². The predicted octanol–water partition coefficient (Wildman–Crippen LogP) is 9.17. The third kappa shape index (κ3) is 33.0. The quantitative estimate of drug-likeness (QED) is 0.0322. The molecule has 0 spiro atoms. The van der Waals surface area contributed by atoms with Crippen molar-refractivity contribution in [3.63, 3.8) is 0 Å². The zero-order valence-corrected chi connectivity index (χ0v) is 31.2. The molecule has 0 aromatic carbocycles. The first-order chi connectivity index (χ1) is 23.1. The molecular weight excluding hydrogens is 637 g/mol. The van der Waals surface area contributed by atoms with Gasteiger partial charge in [-0.15, -0.1) is 0 Å². The maximum Gasteiger partial charge on any atom is 0.472 e. The van der Waals surface area contributed by atoms with Crippen LogP contribution in [0.1, 0.15) is 181 Å². The van der Waals surface area contributed by atoms with Crippen molar-refractivity contribution < 1.29 is 47.5 Å². The van der Waals surface area contributed by atoms with E-state index in [4.69, 9.17) is 24.8 Å². The number of phosphoric acid groups is 1. The Labute approximate surface area is 291 Å². The molecular formula is C36H70NO10P. The molecule has 12 heteroatoms. The summed E-state index contributed by atoms with van der Waals surface area (Å²) in [7, 11) is -4.66. The van der Waals surface area contributed by atoms with Crippen LogP contribution in [0.25, 0.3) is 0 Å². The molecule has 11 nitrogen and oxygen atoms in total. The molecule has 0 amide bonds. The molecule has 4 N–H and O–H groups in total. The first-order valence-electron chi connectivity index (χ1n) is 19.0. The lowest BCUT2D eigenvalue weighted by Gasteiger charge is -2.19. The van der Waals surface area contributed by atoms with Crippen LogP contribution in [0.5, 0.6) is 0 Å². The lowest BCUT2D eigenvalue weighted by Crippen LogP contribution is -2.34. The van der Waals surface area contributed by atoms with Crippen molar-refractivity contribution in [1.29, 1.82) is 0 Å². The van der Waals surface area contributed by atoms with Gasteiger partial charge in [-0.25, -0.2) is 4.57 Å². The number of carbonyl (C=O) groups is 3. The Morgan fingerprint density at radius 3 is 1.31 bits per heavy atom. The third-order valence-electron chi connectivity index (χ3n) is 8.41. The van der Waals surface area contributed by atoms with E-state index < -0.39 is 51.1 Å². The van der Waals surface area contributed by atoms with Crippen molar-refractivity contribution in [2.24, 2.45) is 5.73 Å². The molecule has 0 heterocycles. The Morgan fingerprint density at radius 2 is 0.958 bits per heavy atom. The molecule has 0 aliphatic carbocycles. The number of aliphatic carboxylic acids is 1. The molecule has 0 rings (SSSR count). The first-order valence-corrected chi connectivity index (χ1v) is 20.5. The Morgan fingerprint density at radius 1 is 0.604 bits per heavy atom. The number of rotatable bonds is 36. The highest BCUT2D eigenvalue weighted by Gasteiger charge is 2.27. The van der Waals surface area contributed by atoms with E-state index in [-0.39, 0.29) is 13.0 Å². The molecule has 1 unspecified atom stereocenters. The number of unbranched alkanes of at least 4 members (excludes halogenated alkanes) is 24. The van der Waals surface area contributed by atoms with Crippen LogP contribution in [0, 0.1) is 0 Å². The molecule has 0 aliphatic heterocycles. The van der Waals surface area contributed by atoms with E-state index in [2.05, 4.69) is 11.4 Å². The van der Waals surface area contributed by atoms with Crippen LogP contribution in [0.2, 0.25) is 0 Å². The molecule has 0 saturated heterocycles. The maximum absolute atomic E-state index is 12.1. The normalized spacial score (nSPS) is 13.9. The van der Waals surface area contributed by atoms with Crippen molar-refractivity contribution in [3.8, 4) is 0 Å². The lowest BCUT2D eigenvalue weighted by molar-refractivity contribution is -0.159. The number of hydrogen-bond acceptors (Lipinski definition) is 9. The Hall–Kier alpha value is -1.52. The van der Waals surface area contributed by atoms with Crippen LogP contribution in [-0.2, 0) is 37.5 Å². The maximum atomic E-state index is 12.1. The van der Waals surface area contributed by atoms with Gasteiger partial charge < -0.3 is 25.2 Å². The minimum absolute atomic E-state index is 0.224. The summed E-state index contributed by atoms with van der Waals surface area (Å²) in [6, 6.07) is -1.51. The Balaban J connectivity index is 3.61. The van der Waals surface area contributed by atoms with Gasteiger partial charge in [0, 0.05) is 13.3 Å². The second kappa shape index (κ2) is 32.7. The van der Waals surface area contributed by atoms with Crippen molar-refractivity contribution in [3.05, 3.63) is 0 Å². The van der Waals surface area contributed by atoms with Gasteiger partial charge in [-0.1, -0.05) is 161 Å². The van der Waals surface area contributed by atoms with Crippen molar-refractivity contribution in [1.82, 2.24) is 0 Å². The summed E-state index contributed by atoms with van der Waals surface area (Å²) in [4.78, 5) is 43.8. The van der Waals surface area contributed by atoms with Gasteiger partial charge in [0.05, 0.1) is 13.2 Å². The number of hydrogen-bond donors (Lipinski definition) is 3. The summed E-state index contributed by atoms with van der Waals surface area (Å²) in [5, 5.41) is 8.72. The molecule has 284 valence electrons. The summed E-state index contributed by atoms with van der Waals surface area (Å²) < 4.78 is 31.3.